The van der Waals surface area contributed by atoms with Gasteiger partial charge >= 0.3 is 0 Å². The summed E-state index contributed by atoms with van der Waals surface area (Å²) in [5.74, 6) is -0.298. The summed E-state index contributed by atoms with van der Waals surface area (Å²) in [5.41, 5.74) is 7.82. The molecule has 0 bridgehead atoms. The number of hydrogen-bond donors (Lipinski definition) is 3. The molecule has 0 aliphatic carbocycles. The van der Waals surface area contributed by atoms with Gasteiger partial charge in [0.1, 0.15) is 5.76 Å². The van der Waals surface area contributed by atoms with Gasteiger partial charge in [-0.05, 0) is 48.5 Å². The molecule has 3 N–H and O–H groups in total. The summed E-state index contributed by atoms with van der Waals surface area (Å²) in [6, 6.07) is 18.6. The number of carbonyl (C=O) groups excluding carboxylic acids is 2. The standard InChI is InChI=1S/C20H17N3O3S/c1-13-17(11-12-26-13)19(25)22-23-20(27)21-18(24)16-9-7-15(8-10-16)14-5-3-2-4-6-14/h2-12H,1H3,(H,22,25)(H2,21,23,24,27). The smallest absolute Gasteiger partial charge is 0.273 e. The molecule has 6 nitrogen and oxygen atoms in total. The first-order valence-corrected chi connectivity index (χ1v) is 8.56. The monoisotopic (exact) mass is 379 g/mol. The summed E-state index contributed by atoms with van der Waals surface area (Å²) in [5, 5.41) is 2.50. The number of nitrogens with one attached hydrogen (secondary N) is 3. The number of hydrogen-bond acceptors (Lipinski definition) is 4. The minimum Gasteiger partial charge on any atom is -0.469 e. The Labute approximate surface area is 161 Å². The van der Waals surface area contributed by atoms with E-state index in [1.54, 1.807) is 25.1 Å². The van der Waals surface area contributed by atoms with E-state index in [1.165, 1.54) is 6.26 Å². The Morgan fingerprint density at radius 3 is 2.15 bits per heavy atom. The summed E-state index contributed by atoms with van der Waals surface area (Å²) in [4.78, 5) is 24.2. The SMILES string of the molecule is Cc1occc1C(=O)NNC(=S)NC(=O)c1ccc(-c2ccccc2)cc1. The molecule has 136 valence electrons. The molecule has 3 aromatic rings. The van der Waals surface area contributed by atoms with Gasteiger partial charge in [-0.25, -0.2) is 0 Å². The van der Waals surface area contributed by atoms with E-state index in [1.807, 2.05) is 42.5 Å². The largest absolute Gasteiger partial charge is 0.469 e. The molecule has 0 unspecified atom stereocenters. The van der Waals surface area contributed by atoms with E-state index in [9.17, 15) is 9.59 Å². The van der Waals surface area contributed by atoms with Gasteiger partial charge in [-0.1, -0.05) is 42.5 Å². The maximum Gasteiger partial charge on any atom is 0.273 e. The lowest BCUT2D eigenvalue weighted by atomic mass is 10.0. The summed E-state index contributed by atoms with van der Waals surface area (Å²) in [7, 11) is 0. The van der Waals surface area contributed by atoms with Gasteiger partial charge in [0.25, 0.3) is 11.8 Å². The van der Waals surface area contributed by atoms with Crippen LogP contribution < -0.4 is 16.2 Å². The zero-order valence-corrected chi connectivity index (χ0v) is 15.3. The van der Waals surface area contributed by atoms with Crippen LogP contribution >= 0.6 is 12.2 Å². The third kappa shape index (κ3) is 4.59. The van der Waals surface area contributed by atoms with Crippen molar-refractivity contribution in [1.82, 2.24) is 16.2 Å². The van der Waals surface area contributed by atoms with Crippen molar-refractivity contribution in [3.05, 3.63) is 83.8 Å². The van der Waals surface area contributed by atoms with Crippen LogP contribution in [0.4, 0.5) is 0 Å². The van der Waals surface area contributed by atoms with E-state index in [4.69, 9.17) is 16.6 Å². The summed E-state index contributed by atoms with van der Waals surface area (Å²) >= 11 is 5.03. The Kier molecular flexibility index (Phi) is 5.63. The van der Waals surface area contributed by atoms with Gasteiger partial charge in [0.05, 0.1) is 11.8 Å². The van der Waals surface area contributed by atoms with Crippen LogP contribution in [-0.4, -0.2) is 16.9 Å². The molecular formula is C20H17N3O3S. The Morgan fingerprint density at radius 1 is 0.852 bits per heavy atom. The maximum atomic E-state index is 12.3. The van der Waals surface area contributed by atoms with Crippen LogP contribution in [0.2, 0.25) is 0 Å². The van der Waals surface area contributed by atoms with Gasteiger partial charge < -0.3 is 4.42 Å². The average molecular weight is 379 g/mol. The van der Waals surface area contributed by atoms with Gasteiger partial charge in [-0.3, -0.25) is 25.8 Å². The second-order valence-electron chi connectivity index (χ2n) is 5.70. The fraction of sp³-hybridized carbons (Fsp3) is 0.0500. The molecule has 1 aromatic heterocycles. The van der Waals surface area contributed by atoms with Gasteiger partial charge in [-0.2, -0.15) is 0 Å². The van der Waals surface area contributed by atoms with Crippen LogP contribution in [0.1, 0.15) is 26.5 Å². The van der Waals surface area contributed by atoms with Crippen LogP contribution in [0, 0.1) is 6.92 Å². The first-order valence-electron chi connectivity index (χ1n) is 8.16. The van der Waals surface area contributed by atoms with Crippen molar-refractivity contribution in [3.63, 3.8) is 0 Å². The number of rotatable bonds is 3. The van der Waals surface area contributed by atoms with Crippen LogP contribution in [0.15, 0.2) is 71.3 Å². The molecule has 0 spiro atoms. The van der Waals surface area contributed by atoms with Crippen LogP contribution in [0.5, 0.6) is 0 Å². The van der Waals surface area contributed by atoms with Gasteiger partial charge in [0, 0.05) is 5.56 Å². The molecule has 3 rings (SSSR count). The Morgan fingerprint density at radius 2 is 1.52 bits per heavy atom. The van der Waals surface area contributed by atoms with Crippen molar-refractivity contribution in [2.75, 3.05) is 0 Å². The number of benzene rings is 2. The van der Waals surface area contributed by atoms with Crippen LogP contribution in [-0.2, 0) is 0 Å². The molecule has 7 heteroatoms. The van der Waals surface area contributed by atoms with E-state index >= 15 is 0 Å². The summed E-state index contributed by atoms with van der Waals surface area (Å²) < 4.78 is 5.07. The Hall–Kier alpha value is -3.45. The highest BCUT2D eigenvalue weighted by atomic mass is 32.1. The van der Waals surface area contributed by atoms with E-state index < -0.39 is 5.91 Å². The zero-order chi connectivity index (χ0) is 19.2. The average Bonchev–Trinajstić information content (AvgIpc) is 3.13. The topological polar surface area (TPSA) is 83.4 Å². The van der Waals surface area contributed by atoms with Crippen molar-refractivity contribution in [1.29, 1.82) is 0 Å². The summed E-state index contributed by atoms with van der Waals surface area (Å²) in [6.45, 7) is 1.67. The van der Waals surface area contributed by atoms with Crippen molar-refractivity contribution in [3.8, 4) is 11.1 Å². The van der Waals surface area contributed by atoms with E-state index in [2.05, 4.69) is 16.2 Å². The first kappa shape index (κ1) is 18.3. The van der Waals surface area contributed by atoms with Crippen molar-refractivity contribution >= 4 is 29.1 Å². The number of amides is 2. The molecule has 0 fully saturated rings. The predicted octanol–water partition coefficient (Wildman–Crippen LogP) is 3.20. The second kappa shape index (κ2) is 8.29. The van der Waals surface area contributed by atoms with Gasteiger partial charge in [-0.15, -0.1) is 0 Å². The highest BCUT2D eigenvalue weighted by Crippen LogP contribution is 2.19. The highest BCUT2D eigenvalue weighted by molar-refractivity contribution is 7.80. The van der Waals surface area contributed by atoms with E-state index in [0.717, 1.165) is 11.1 Å². The Bertz CT molecular complexity index is 966. The number of thiocarbonyl (C=S) groups is 1. The van der Waals surface area contributed by atoms with Gasteiger partial charge in [0.2, 0.25) is 0 Å². The fourth-order valence-corrected chi connectivity index (χ4v) is 2.60. The van der Waals surface area contributed by atoms with Crippen molar-refractivity contribution in [2.45, 2.75) is 6.92 Å². The Balaban J connectivity index is 1.54. The van der Waals surface area contributed by atoms with Crippen LogP contribution in [0.25, 0.3) is 11.1 Å². The molecule has 0 saturated carbocycles. The van der Waals surface area contributed by atoms with E-state index in [0.29, 0.717) is 16.9 Å². The normalized spacial score (nSPS) is 10.1. The molecule has 1 heterocycles. The van der Waals surface area contributed by atoms with Crippen molar-refractivity contribution in [2.24, 2.45) is 0 Å². The molecule has 27 heavy (non-hydrogen) atoms. The number of carbonyl (C=O) groups is 2. The van der Waals surface area contributed by atoms with Crippen LogP contribution in [0.3, 0.4) is 0 Å². The molecule has 0 aliphatic heterocycles. The van der Waals surface area contributed by atoms with E-state index in [-0.39, 0.29) is 11.0 Å². The molecule has 0 aliphatic rings. The third-order valence-electron chi connectivity index (χ3n) is 3.87. The molecule has 0 atom stereocenters. The zero-order valence-electron chi connectivity index (χ0n) is 14.5. The maximum absolute atomic E-state index is 12.3. The second-order valence-corrected chi connectivity index (χ2v) is 6.10. The minimum atomic E-state index is -0.412. The minimum absolute atomic E-state index is 0.0124. The highest BCUT2D eigenvalue weighted by Gasteiger charge is 2.12. The lowest BCUT2D eigenvalue weighted by Gasteiger charge is -2.11. The predicted molar refractivity (Wildman–Crippen MR) is 106 cm³/mol. The molecular weight excluding hydrogens is 362 g/mol. The number of hydrazine groups is 1. The molecule has 2 aromatic carbocycles. The molecule has 2 amide bonds. The number of aryl methyl sites for hydroxylation is 1. The van der Waals surface area contributed by atoms with Gasteiger partial charge in [0.15, 0.2) is 5.11 Å². The lowest BCUT2D eigenvalue weighted by Crippen LogP contribution is -2.48. The first-order chi connectivity index (χ1) is 13.0. The number of furan rings is 1. The summed E-state index contributed by atoms with van der Waals surface area (Å²) in [6.07, 6.45) is 1.42. The third-order valence-corrected chi connectivity index (χ3v) is 4.08. The fourth-order valence-electron chi connectivity index (χ4n) is 2.45. The molecule has 0 saturated heterocycles. The lowest BCUT2D eigenvalue weighted by molar-refractivity contribution is 0.0933. The quantitative estimate of drug-likeness (QED) is 0.481. The van der Waals surface area contributed by atoms with Crippen molar-refractivity contribution < 1.29 is 14.0 Å². The molecule has 0 radical (unpaired) electrons.